The van der Waals surface area contributed by atoms with Crippen molar-refractivity contribution in [3.63, 3.8) is 0 Å². The van der Waals surface area contributed by atoms with Crippen LogP contribution in [0.15, 0.2) is 79.0 Å². The first-order chi connectivity index (χ1) is 12.7. The first-order valence-electron chi connectivity index (χ1n) is 8.88. The van der Waals surface area contributed by atoms with Gasteiger partial charge >= 0.3 is 5.82 Å². The maximum atomic E-state index is 5.07. The Hall–Kier alpha value is -3.26. The molecular weight excluding hydrogens is 316 g/mol. The molecule has 0 N–H and O–H groups in total. The molecule has 5 aromatic rings. The number of hydrogen-bond acceptors (Lipinski definition) is 1. The standard InChI is InChI=1S/C24H19N2/c1-16-11-12-17-7-5-6-10-21(17)23(16)24-25-22-14-19-9-4-3-8-18(19)13-20(22)15-26(24)2/h3-15H,1-2H3/q+1. The van der Waals surface area contributed by atoms with Crippen molar-refractivity contribution in [2.45, 2.75) is 6.92 Å². The first kappa shape index (κ1) is 15.0. The van der Waals surface area contributed by atoms with Crippen molar-refractivity contribution in [2.24, 2.45) is 7.05 Å². The lowest BCUT2D eigenvalue weighted by molar-refractivity contribution is -0.661. The van der Waals surface area contributed by atoms with Crippen LogP contribution in [0.5, 0.6) is 0 Å². The summed E-state index contributed by atoms with van der Waals surface area (Å²) >= 11 is 0. The Morgan fingerprint density at radius 2 is 1.42 bits per heavy atom. The van der Waals surface area contributed by atoms with Gasteiger partial charge in [0.1, 0.15) is 6.20 Å². The molecule has 2 heteroatoms. The Labute approximate surface area is 152 Å². The lowest BCUT2D eigenvalue weighted by atomic mass is 9.98. The second-order valence-electron chi connectivity index (χ2n) is 6.91. The van der Waals surface area contributed by atoms with E-state index in [1.807, 2.05) is 0 Å². The van der Waals surface area contributed by atoms with Crippen molar-refractivity contribution >= 4 is 32.4 Å². The lowest BCUT2D eigenvalue weighted by Gasteiger charge is -2.09. The highest BCUT2D eigenvalue weighted by Crippen LogP contribution is 2.30. The monoisotopic (exact) mass is 335 g/mol. The van der Waals surface area contributed by atoms with E-state index in [0.717, 1.165) is 16.7 Å². The number of nitrogens with zero attached hydrogens (tertiary/aromatic N) is 2. The van der Waals surface area contributed by atoms with E-state index in [1.54, 1.807) is 0 Å². The summed E-state index contributed by atoms with van der Waals surface area (Å²) < 4.78 is 2.14. The minimum Gasteiger partial charge on any atom is -0.232 e. The quantitative estimate of drug-likeness (QED) is 0.298. The highest BCUT2D eigenvalue weighted by molar-refractivity contribution is 5.99. The first-order valence-corrected chi connectivity index (χ1v) is 8.88. The molecule has 0 bridgehead atoms. The van der Waals surface area contributed by atoms with Crippen molar-refractivity contribution < 1.29 is 4.57 Å². The molecule has 0 fully saturated rings. The van der Waals surface area contributed by atoms with Crippen LogP contribution in [-0.2, 0) is 7.05 Å². The van der Waals surface area contributed by atoms with E-state index >= 15 is 0 Å². The van der Waals surface area contributed by atoms with Gasteiger partial charge in [-0.3, -0.25) is 0 Å². The van der Waals surface area contributed by atoms with E-state index in [1.165, 1.54) is 32.7 Å². The van der Waals surface area contributed by atoms with Crippen LogP contribution in [0.25, 0.3) is 43.8 Å². The molecule has 124 valence electrons. The van der Waals surface area contributed by atoms with Crippen molar-refractivity contribution in [1.82, 2.24) is 4.98 Å². The summed E-state index contributed by atoms with van der Waals surface area (Å²) in [5.74, 6) is 1.00. The summed E-state index contributed by atoms with van der Waals surface area (Å²) in [6.07, 6.45) is 2.19. The fourth-order valence-electron chi connectivity index (χ4n) is 3.82. The molecular formula is C24H19N2+. The second-order valence-corrected chi connectivity index (χ2v) is 6.91. The molecule has 0 saturated carbocycles. The topological polar surface area (TPSA) is 16.8 Å². The largest absolute Gasteiger partial charge is 0.331 e. The molecule has 5 rings (SSSR count). The Bertz CT molecular complexity index is 1300. The van der Waals surface area contributed by atoms with Crippen LogP contribution in [0, 0.1) is 6.92 Å². The van der Waals surface area contributed by atoms with Gasteiger partial charge in [0.05, 0.1) is 18.0 Å². The molecule has 0 amide bonds. The molecule has 1 heterocycles. The van der Waals surface area contributed by atoms with Crippen molar-refractivity contribution in [3.05, 3.63) is 84.6 Å². The van der Waals surface area contributed by atoms with Crippen LogP contribution < -0.4 is 4.57 Å². The Morgan fingerprint density at radius 3 is 2.23 bits per heavy atom. The van der Waals surface area contributed by atoms with Crippen LogP contribution in [0.4, 0.5) is 0 Å². The second kappa shape index (κ2) is 5.63. The number of aromatic nitrogens is 2. The van der Waals surface area contributed by atoms with Gasteiger partial charge in [-0.2, -0.15) is 0 Å². The number of rotatable bonds is 1. The SMILES string of the molecule is Cc1ccc2ccccc2c1-c1nc2cc3ccccc3cc2c[n+]1C. The van der Waals surface area contributed by atoms with E-state index in [-0.39, 0.29) is 0 Å². The zero-order valence-electron chi connectivity index (χ0n) is 14.9. The Morgan fingerprint density at radius 1 is 0.731 bits per heavy atom. The van der Waals surface area contributed by atoms with Gasteiger partial charge in [0.15, 0.2) is 5.52 Å². The average Bonchev–Trinajstić information content (AvgIpc) is 2.66. The molecule has 0 aliphatic rings. The molecule has 0 spiro atoms. The predicted molar refractivity (Wildman–Crippen MR) is 108 cm³/mol. The zero-order chi connectivity index (χ0) is 17.7. The van der Waals surface area contributed by atoms with Crippen LogP contribution in [0.3, 0.4) is 0 Å². The molecule has 0 unspecified atom stereocenters. The normalized spacial score (nSPS) is 11.5. The molecule has 0 aliphatic carbocycles. The smallest absolute Gasteiger partial charge is 0.232 e. The third-order valence-electron chi connectivity index (χ3n) is 5.15. The van der Waals surface area contributed by atoms with Crippen LogP contribution in [-0.4, -0.2) is 4.98 Å². The fraction of sp³-hybridized carbons (Fsp3) is 0.0833. The predicted octanol–water partition coefficient (Wildman–Crippen LogP) is 5.34. The van der Waals surface area contributed by atoms with Gasteiger partial charge in [0.25, 0.3) is 0 Å². The molecule has 0 atom stereocenters. The summed E-state index contributed by atoms with van der Waals surface area (Å²) in [5.41, 5.74) is 3.48. The number of hydrogen-bond donors (Lipinski definition) is 0. The lowest BCUT2D eigenvalue weighted by Crippen LogP contribution is -2.32. The maximum absolute atomic E-state index is 5.07. The summed E-state index contributed by atoms with van der Waals surface area (Å²) in [6.45, 7) is 2.16. The molecule has 0 saturated heterocycles. The molecule has 1 aromatic heterocycles. The fourth-order valence-corrected chi connectivity index (χ4v) is 3.82. The van der Waals surface area contributed by atoms with E-state index < -0.39 is 0 Å². The molecule has 4 aromatic carbocycles. The van der Waals surface area contributed by atoms with Gasteiger partial charge in [-0.1, -0.05) is 60.7 Å². The third-order valence-corrected chi connectivity index (χ3v) is 5.15. The van der Waals surface area contributed by atoms with Gasteiger partial charge in [-0.05, 0) is 51.1 Å². The van der Waals surface area contributed by atoms with Crippen molar-refractivity contribution in [2.75, 3.05) is 0 Å². The van der Waals surface area contributed by atoms with Crippen LogP contribution in [0.2, 0.25) is 0 Å². The molecule has 26 heavy (non-hydrogen) atoms. The van der Waals surface area contributed by atoms with Gasteiger partial charge in [0.2, 0.25) is 0 Å². The van der Waals surface area contributed by atoms with Crippen LogP contribution in [0.1, 0.15) is 5.56 Å². The van der Waals surface area contributed by atoms with Crippen molar-refractivity contribution in [3.8, 4) is 11.4 Å². The zero-order valence-corrected chi connectivity index (χ0v) is 14.9. The van der Waals surface area contributed by atoms with E-state index in [2.05, 4.69) is 97.5 Å². The van der Waals surface area contributed by atoms with E-state index in [9.17, 15) is 0 Å². The summed E-state index contributed by atoms with van der Waals surface area (Å²) in [5, 5.41) is 6.12. The Balaban J connectivity index is 1.86. The minimum absolute atomic E-state index is 1.00. The molecule has 0 aliphatic heterocycles. The highest BCUT2D eigenvalue weighted by atomic mass is 15.0. The maximum Gasteiger partial charge on any atom is 0.331 e. The van der Waals surface area contributed by atoms with E-state index in [4.69, 9.17) is 4.98 Å². The van der Waals surface area contributed by atoms with Gasteiger partial charge in [0, 0.05) is 0 Å². The summed E-state index contributed by atoms with van der Waals surface area (Å²) in [7, 11) is 2.08. The van der Waals surface area contributed by atoms with Gasteiger partial charge in [-0.25, -0.2) is 4.57 Å². The minimum atomic E-state index is 1.00. The third kappa shape index (κ3) is 2.26. The highest BCUT2D eigenvalue weighted by Gasteiger charge is 2.20. The number of benzene rings is 4. The number of fused-ring (bicyclic) bond motifs is 3. The summed E-state index contributed by atoms with van der Waals surface area (Å²) in [4.78, 5) is 5.07. The summed E-state index contributed by atoms with van der Waals surface area (Å²) in [6, 6.07) is 25.8. The van der Waals surface area contributed by atoms with Gasteiger partial charge in [-0.15, -0.1) is 0 Å². The molecule has 2 nitrogen and oxygen atoms in total. The Kier molecular flexibility index (Phi) is 3.26. The van der Waals surface area contributed by atoms with E-state index in [0.29, 0.717) is 0 Å². The van der Waals surface area contributed by atoms with Crippen molar-refractivity contribution in [1.29, 1.82) is 0 Å². The van der Waals surface area contributed by atoms with Crippen LogP contribution >= 0.6 is 0 Å². The average molecular weight is 335 g/mol. The van der Waals surface area contributed by atoms with Gasteiger partial charge < -0.3 is 0 Å². The number of aryl methyl sites for hydroxylation is 2. The molecule has 0 radical (unpaired) electrons.